The molecular formula is C16H22ClF3N2O. The number of carbonyl (C=O) groups is 1. The zero-order valence-electron chi connectivity index (χ0n) is 12.9. The first-order chi connectivity index (χ1) is 10.3. The molecule has 0 aliphatic heterocycles. The van der Waals surface area contributed by atoms with Gasteiger partial charge in [0, 0.05) is 24.4 Å². The van der Waals surface area contributed by atoms with Crippen LogP contribution in [0.25, 0.3) is 0 Å². The molecule has 3 nitrogen and oxygen atoms in total. The largest absolute Gasteiger partial charge is 0.416 e. The average molecular weight is 351 g/mol. The third-order valence-corrected chi connectivity index (χ3v) is 4.04. The fourth-order valence-electron chi connectivity index (χ4n) is 3.14. The molecule has 1 amide bonds. The van der Waals surface area contributed by atoms with Gasteiger partial charge in [-0.15, -0.1) is 12.4 Å². The monoisotopic (exact) mass is 350 g/mol. The van der Waals surface area contributed by atoms with Crippen molar-refractivity contribution in [3.05, 3.63) is 35.4 Å². The minimum absolute atomic E-state index is 0. The van der Waals surface area contributed by atoms with Gasteiger partial charge in [-0.05, 0) is 31.4 Å². The summed E-state index contributed by atoms with van der Waals surface area (Å²) in [6, 6.07) is 5.12. The predicted octanol–water partition coefficient (Wildman–Crippen LogP) is 3.62. The molecule has 0 bridgehead atoms. The molecular weight excluding hydrogens is 329 g/mol. The lowest BCUT2D eigenvalue weighted by atomic mass is 9.89. The molecule has 3 unspecified atom stereocenters. The minimum atomic E-state index is -4.38. The smallest absolute Gasteiger partial charge is 0.353 e. The van der Waals surface area contributed by atoms with Crippen molar-refractivity contribution < 1.29 is 18.0 Å². The standard InChI is InChI=1S/C16H21F3N2O.ClH/c1-10(20)9-15(22)21-14-8-4-6-12(14)11-5-2-3-7-13(11)16(17,18)19;/h2-3,5,7,10,12,14H,4,6,8-9,20H2,1H3,(H,21,22);1H. The lowest BCUT2D eigenvalue weighted by molar-refractivity contribution is -0.138. The van der Waals surface area contributed by atoms with Crippen molar-refractivity contribution in [1.29, 1.82) is 0 Å². The van der Waals surface area contributed by atoms with Crippen molar-refractivity contribution in [3.8, 4) is 0 Å². The van der Waals surface area contributed by atoms with Crippen molar-refractivity contribution in [1.82, 2.24) is 5.32 Å². The highest BCUT2D eigenvalue weighted by Crippen LogP contribution is 2.41. The van der Waals surface area contributed by atoms with E-state index in [0.29, 0.717) is 12.8 Å². The van der Waals surface area contributed by atoms with Crippen LogP contribution in [0.15, 0.2) is 24.3 Å². The molecule has 0 spiro atoms. The van der Waals surface area contributed by atoms with E-state index in [4.69, 9.17) is 5.73 Å². The van der Waals surface area contributed by atoms with E-state index >= 15 is 0 Å². The topological polar surface area (TPSA) is 55.1 Å². The van der Waals surface area contributed by atoms with Gasteiger partial charge in [0.2, 0.25) is 5.91 Å². The van der Waals surface area contributed by atoms with Gasteiger partial charge in [0.05, 0.1) is 5.56 Å². The second-order valence-corrected chi connectivity index (χ2v) is 5.98. The zero-order valence-corrected chi connectivity index (χ0v) is 13.7. The SMILES string of the molecule is CC(N)CC(=O)NC1CCCC1c1ccccc1C(F)(F)F.Cl. The maximum Gasteiger partial charge on any atom is 0.416 e. The second-order valence-electron chi connectivity index (χ2n) is 5.98. The summed E-state index contributed by atoms with van der Waals surface area (Å²) >= 11 is 0. The van der Waals surface area contributed by atoms with E-state index < -0.39 is 11.7 Å². The fraction of sp³-hybridized carbons (Fsp3) is 0.562. The van der Waals surface area contributed by atoms with Crippen LogP contribution in [0.3, 0.4) is 0 Å². The molecule has 3 atom stereocenters. The molecule has 7 heteroatoms. The Labute approximate surface area is 140 Å². The maximum atomic E-state index is 13.2. The van der Waals surface area contributed by atoms with Crippen LogP contribution in [0.5, 0.6) is 0 Å². The zero-order chi connectivity index (χ0) is 16.3. The first-order valence-corrected chi connectivity index (χ1v) is 7.50. The Morgan fingerprint density at radius 2 is 2.00 bits per heavy atom. The molecule has 1 aromatic rings. The summed E-state index contributed by atoms with van der Waals surface area (Å²) in [5, 5.41) is 2.85. The van der Waals surface area contributed by atoms with Crippen LogP contribution in [-0.4, -0.2) is 18.0 Å². The van der Waals surface area contributed by atoms with Gasteiger partial charge < -0.3 is 11.1 Å². The molecule has 1 aromatic carbocycles. The Hall–Kier alpha value is -1.27. The van der Waals surface area contributed by atoms with Crippen LogP contribution in [-0.2, 0) is 11.0 Å². The molecule has 0 radical (unpaired) electrons. The first kappa shape index (κ1) is 19.8. The Bertz CT molecular complexity index is 534. The van der Waals surface area contributed by atoms with E-state index in [2.05, 4.69) is 5.32 Å². The number of alkyl halides is 3. The molecule has 1 saturated carbocycles. The third kappa shape index (κ3) is 5.11. The molecule has 2 rings (SSSR count). The molecule has 0 heterocycles. The summed E-state index contributed by atoms with van der Waals surface area (Å²) in [5.41, 5.74) is 5.26. The average Bonchev–Trinajstić information content (AvgIpc) is 2.84. The van der Waals surface area contributed by atoms with Crippen molar-refractivity contribution >= 4 is 18.3 Å². The van der Waals surface area contributed by atoms with Crippen molar-refractivity contribution in [2.75, 3.05) is 0 Å². The molecule has 3 N–H and O–H groups in total. The number of benzene rings is 1. The highest BCUT2D eigenvalue weighted by Gasteiger charge is 2.38. The minimum Gasteiger partial charge on any atom is -0.353 e. The van der Waals surface area contributed by atoms with Crippen molar-refractivity contribution in [2.45, 2.75) is 56.8 Å². The van der Waals surface area contributed by atoms with Gasteiger partial charge in [0.1, 0.15) is 0 Å². The number of rotatable bonds is 4. The molecule has 130 valence electrons. The van der Waals surface area contributed by atoms with Crippen LogP contribution in [0.4, 0.5) is 13.2 Å². The van der Waals surface area contributed by atoms with Crippen LogP contribution in [0, 0.1) is 0 Å². The van der Waals surface area contributed by atoms with Gasteiger partial charge in [0.25, 0.3) is 0 Å². The number of nitrogens with two attached hydrogens (primary N) is 1. The molecule has 23 heavy (non-hydrogen) atoms. The Kier molecular flexibility index (Phi) is 6.89. The number of carbonyl (C=O) groups excluding carboxylic acids is 1. The van der Waals surface area contributed by atoms with Gasteiger partial charge >= 0.3 is 6.18 Å². The molecule has 0 aromatic heterocycles. The van der Waals surface area contributed by atoms with Crippen LogP contribution in [0.2, 0.25) is 0 Å². The first-order valence-electron chi connectivity index (χ1n) is 7.50. The number of halogens is 4. The lowest BCUT2D eigenvalue weighted by Crippen LogP contribution is -2.39. The van der Waals surface area contributed by atoms with Gasteiger partial charge in [-0.25, -0.2) is 0 Å². The van der Waals surface area contributed by atoms with Gasteiger partial charge in [-0.1, -0.05) is 24.6 Å². The van der Waals surface area contributed by atoms with Gasteiger partial charge in [0.15, 0.2) is 0 Å². The van der Waals surface area contributed by atoms with E-state index in [1.54, 1.807) is 13.0 Å². The Balaban J connectivity index is 0.00000264. The van der Waals surface area contributed by atoms with E-state index in [9.17, 15) is 18.0 Å². The van der Waals surface area contributed by atoms with Crippen molar-refractivity contribution in [3.63, 3.8) is 0 Å². The summed E-state index contributed by atoms with van der Waals surface area (Å²) in [5.74, 6) is -0.494. The quantitative estimate of drug-likeness (QED) is 0.871. The molecule has 1 fully saturated rings. The van der Waals surface area contributed by atoms with Crippen LogP contribution in [0.1, 0.15) is 49.7 Å². The fourth-order valence-corrected chi connectivity index (χ4v) is 3.14. The summed E-state index contributed by atoms with van der Waals surface area (Å²) in [6.07, 6.45) is -2.04. The highest BCUT2D eigenvalue weighted by atomic mass is 35.5. The van der Waals surface area contributed by atoms with E-state index in [1.807, 2.05) is 0 Å². The normalized spacial score (nSPS) is 22.3. The number of hydrogen-bond donors (Lipinski definition) is 2. The molecule has 0 saturated heterocycles. The molecule has 1 aliphatic rings. The second kappa shape index (κ2) is 8.02. The number of nitrogens with one attached hydrogen (secondary N) is 1. The summed E-state index contributed by atoms with van der Waals surface area (Å²) in [4.78, 5) is 11.9. The summed E-state index contributed by atoms with van der Waals surface area (Å²) < 4.78 is 39.5. The van der Waals surface area contributed by atoms with Gasteiger partial charge in [-0.2, -0.15) is 13.2 Å². The lowest BCUT2D eigenvalue weighted by Gasteiger charge is -2.24. The molecule has 1 aliphatic carbocycles. The third-order valence-electron chi connectivity index (χ3n) is 4.04. The Morgan fingerprint density at radius 3 is 2.61 bits per heavy atom. The van der Waals surface area contributed by atoms with Crippen LogP contribution < -0.4 is 11.1 Å². The summed E-state index contributed by atoms with van der Waals surface area (Å²) in [6.45, 7) is 1.73. The van der Waals surface area contributed by atoms with E-state index in [0.717, 1.165) is 12.5 Å². The number of amides is 1. The predicted molar refractivity (Wildman–Crippen MR) is 85.5 cm³/mol. The maximum absolute atomic E-state index is 13.2. The van der Waals surface area contributed by atoms with Crippen LogP contribution >= 0.6 is 12.4 Å². The highest BCUT2D eigenvalue weighted by molar-refractivity contribution is 5.85. The summed E-state index contributed by atoms with van der Waals surface area (Å²) in [7, 11) is 0. The van der Waals surface area contributed by atoms with Gasteiger partial charge in [-0.3, -0.25) is 4.79 Å². The van der Waals surface area contributed by atoms with E-state index in [-0.39, 0.29) is 48.3 Å². The van der Waals surface area contributed by atoms with E-state index in [1.165, 1.54) is 12.1 Å². The van der Waals surface area contributed by atoms with Crippen molar-refractivity contribution in [2.24, 2.45) is 5.73 Å². The Morgan fingerprint density at radius 1 is 1.35 bits per heavy atom. The number of hydrogen-bond acceptors (Lipinski definition) is 2.